The lowest BCUT2D eigenvalue weighted by atomic mass is 10.0. The first kappa shape index (κ1) is 15.0. The van der Waals surface area contributed by atoms with Crippen molar-refractivity contribution in [2.75, 3.05) is 0 Å². The van der Waals surface area contributed by atoms with E-state index in [1.807, 2.05) is 38.1 Å². The topological polar surface area (TPSA) is 82.3 Å². The van der Waals surface area contributed by atoms with Gasteiger partial charge in [-0.2, -0.15) is 0 Å². The van der Waals surface area contributed by atoms with Crippen molar-refractivity contribution >= 4 is 22.8 Å². The minimum Gasteiger partial charge on any atom is -0.449 e. The standard InChI is InChI=1S/C16H18N2O3/c1-4-12-9(2)14(16(20)21-10(3)15(17)19)11-7-5-6-8-13(11)18-12/h5-8,10H,4H2,1-3H3,(H2,17,19). The molecule has 2 aromatic rings. The maximum absolute atomic E-state index is 12.4. The highest BCUT2D eigenvalue weighted by atomic mass is 16.5. The van der Waals surface area contributed by atoms with Crippen LogP contribution >= 0.6 is 0 Å². The molecule has 0 radical (unpaired) electrons. The lowest BCUT2D eigenvalue weighted by Crippen LogP contribution is -2.30. The summed E-state index contributed by atoms with van der Waals surface area (Å²) in [7, 11) is 0. The second-order valence-corrected chi connectivity index (χ2v) is 4.88. The second kappa shape index (κ2) is 5.91. The molecule has 0 aliphatic carbocycles. The van der Waals surface area contributed by atoms with E-state index < -0.39 is 18.0 Å². The number of para-hydroxylation sites is 1. The molecule has 5 nitrogen and oxygen atoms in total. The Labute approximate surface area is 123 Å². The van der Waals surface area contributed by atoms with E-state index in [9.17, 15) is 9.59 Å². The van der Waals surface area contributed by atoms with Crippen LogP contribution in [0, 0.1) is 6.92 Å². The Morgan fingerprint density at radius 3 is 2.62 bits per heavy atom. The third-order valence-corrected chi connectivity index (χ3v) is 3.46. The molecule has 1 atom stereocenters. The van der Waals surface area contributed by atoms with Gasteiger partial charge in [-0.1, -0.05) is 25.1 Å². The van der Waals surface area contributed by atoms with Gasteiger partial charge < -0.3 is 10.5 Å². The van der Waals surface area contributed by atoms with Gasteiger partial charge in [-0.05, 0) is 31.9 Å². The molecule has 0 fully saturated rings. The molecule has 0 aliphatic rings. The zero-order valence-electron chi connectivity index (χ0n) is 12.3. The van der Waals surface area contributed by atoms with Gasteiger partial charge in [-0.15, -0.1) is 0 Å². The Balaban J connectivity index is 2.58. The molecule has 5 heteroatoms. The highest BCUT2D eigenvalue weighted by molar-refractivity contribution is 6.05. The molecule has 1 aromatic heterocycles. The summed E-state index contributed by atoms with van der Waals surface area (Å²) in [6.07, 6.45) is -0.253. The van der Waals surface area contributed by atoms with Gasteiger partial charge in [0.15, 0.2) is 6.10 Å². The number of amides is 1. The molecule has 0 saturated carbocycles. The molecule has 21 heavy (non-hydrogen) atoms. The number of aryl methyl sites for hydroxylation is 1. The zero-order chi connectivity index (χ0) is 15.6. The van der Waals surface area contributed by atoms with Crippen molar-refractivity contribution in [3.8, 4) is 0 Å². The SMILES string of the molecule is CCc1nc2ccccc2c(C(=O)OC(C)C(N)=O)c1C. The number of hydrogen-bond acceptors (Lipinski definition) is 4. The highest BCUT2D eigenvalue weighted by Crippen LogP contribution is 2.24. The molecule has 1 aromatic carbocycles. The summed E-state index contributed by atoms with van der Waals surface area (Å²) in [6, 6.07) is 7.37. The minimum atomic E-state index is -0.964. The number of fused-ring (bicyclic) bond motifs is 1. The van der Waals surface area contributed by atoms with E-state index in [0.29, 0.717) is 17.4 Å². The maximum Gasteiger partial charge on any atom is 0.339 e. The van der Waals surface area contributed by atoms with Gasteiger partial charge in [-0.25, -0.2) is 4.79 Å². The molecule has 0 spiro atoms. The summed E-state index contributed by atoms with van der Waals surface area (Å²) in [6.45, 7) is 5.27. The Kier molecular flexibility index (Phi) is 4.21. The van der Waals surface area contributed by atoms with Gasteiger partial charge in [0.2, 0.25) is 0 Å². The van der Waals surface area contributed by atoms with Crippen LogP contribution in [0.3, 0.4) is 0 Å². The van der Waals surface area contributed by atoms with Crippen LogP contribution in [-0.4, -0.2) is 23.0 Å². The predicted molar refractivity (Wildman–Crippen MR) is 79.9 cm³/mol. The second-order valence-electron chi connectivity index (χ2n) is 4.88. The number of carbonyl (C=O) groups excluding carboxylic acids is 2. The van der Waals surface area contributed by atoms with Crippen molar-refractivity contribution in [3.05, 3.63) is 41.1 Å². The first-order chi connectivity index (χ1) is 9.95. The van der Waals surface area contributed by atoms with Crippen LogP contribution in [0.5, 0.6) is 0 Å². The summed E-state index contributed by atoms with van der Waals surface area (Å²) in [5.74, 6) is -1.22. The van der Waals surface area contributed by atoms with Gasteiger partial charge in [0.1, 0.15) is 0 Å². The van der Waals surface area contributed by atoms with Crippen molar-refractivity contribution in [1.82, 2.24) is 4.98 Å². The van der Waals surface area contributed by atoms with Gasteiger partial charge in [0.05, 0.1) is 11.1 Å². The molecule has 110 valence electrons. The van der Waals surface area contributed by atoms with Crippen molar-refractivity contribution in [1.29, 1.82) is 0 Å². The number of nitrogens with zero attached hydrogens (tertiary/aromatic N) is 1. The van der Waals surface area contributed by atoms with Crippen LogP contribution in [0.15, 0.2) is 24.3 Å². The molecule has 0 bridgehead atoms. The summed E-state index contributed by atoms with van der Waals surface area (Å²) in [5.41, 5.74) is 7.94. The van der Waals surface area contributed by atoms with Crippen LogP contribution in [0.2, 0.25) is 0 Å². The third-order valence-electron chi connectivity index (χ3n) is 3.46. The van der Waals surface area contributed by atoms with E-state index in [2.05, 4.69) is 4.98 Å². The van der Waals surface area contributed by atoms with Crippen molar-refractivity contribution in [3.63, 3.8) is 0 Å². The molecule has 1 heterocycles. The van der Waals surface area contributed by atoms with E-state index in [1.165, 1.54) is 6.92 Å². The molecule has 1 unspecified atom stereocenters. The first-order valence-electron chi connectivity index (χ1n) is 6.84. The fourth-order valence-electron chi connectivity index (χ4n) is 2.24. The van der Waals surface area contributed by atoms with Crippen molar-refractivity contribution < 1.29 is 14.3 Å². The smallest absolute Gasteiger partial charge is 0.339 e. The van der Waals surface area contributed by atoms with E-state index in [-0.39, 0.29) is 0 Å². The number of hydrogen-bond donors (Lipinski definition) is 1. The van der Waals surface area contributed by atoms with E-state index >= 15 is 0 Å². The maximum atomic E-state index is 12.4. The quantitative estimate of drug-likeness (QED) is 0.873. The number of nitrogens with two attached hydrogens (primary N) is 1. The van der Waals surface area contributed by atoms with E-state index in [0.717, 1.165) is 16.8 Å². The van der Waals surface area contributed by atoms with Crippen LogP contribution < -0.4 is 5.73 Å². The number of carbonyl (C=O) groups is 2. The van der Waals surface area contributed by atoms with Gasteiger partial charge in [-0.3, -0.25) is 9.78 Å². The monoisotopic (exact) mass is 286 g/mol. The Morgan fingerprint density at radius 1 is 1.33 bits per heavy atom. The average molecular weight is 286 g/mol. The largest absolute Gasteiger partial charge is 0.449 e. The zero-order valence-corrected chi connectivity index (χ0v) is 12.3. The molecule has 1 amide bonds. The van der Waals surface area contributed by atoms with E-state index in [4.69, 9.17) is 10.5 Å². The minimum absolute atomic E-state index is 0.450. The fraction of sp³-hybridized carbons (Fsp3) is 0.312. The van der Waals surface area contributed by atoms with Crippen LogP contribution in [0.25, 0.3) is 10.9 Å². The van der Waals surface area contributed by atoms with Gasteiger partial charge >= 0.3 is 5.97 Å². The molecular weight excluding hydrogens is 268 g/mol. The Hall–Kier alpha value is -2.43. The number of ether oxygens (including phenoxy) is 1. The van der Waals surface area contributed by atoms with Gasteiger partial charge in [0, 0.05) is 11.1 Å². The molecule has 2 rings (SSSR count). The fourth-order valence-corrected chi connectivity index (χ4v) is 2.24. The molecule has 2 N–H and O–H groups in total. The number of benzene rings is 1. The normalized spacial score (nSPS) is 12.1. The van der Waals surface area contributed by atoms with Crippen molar-refractivity contribution in [2.45, 2.75) is 33.3 Å². The van der Waals surface area contributed by atoms with Crippen LogP contribution in [0.1, 0.15) is 35.5 Å². The lowest BCUT2D eigenvalue weighted by molar-refractivity contribution is -0.125. The summed E-state index contributed by atoms with van der Waals surface area (Å²) >= 11 is 0. The first-order valence-corrected chi connectivity index (χ1v) is 6.84. The number of aromatic nitrogens is 1. The molecule has 0 saturated heterocycles. The Bertz CT molecular complexity index is 710. The van der Waals surface area contributed by atoms with Crippen LogP contribution in [0.4, 0.5) is 0 Å². The number of rotatable bonds is 4. The molecular formula is C16H18N2O3. The lowest BCUT2D eigenvalue weighted by Gasteiger charge is -2.15. The summed E-state index contributed by atoms with van der Waals surface area (Å²) in [4.78, 5) is 28.0. The highest BCUT2D eigenvalue weighted by Gasteiger charge is 2.22. The predicted octanol–water partition coefficient (Wildman–Crippen LogP) is 2.14. The average Bonchev–Trinajstić information content (AvgIpc) is 2.46. The number of pyridine rings is 1. The van der Waals surface area contributed by atoms with Gasteiger partial charge in [0.25, 0.3) is 5.91 Å². The third kappa shape index (κ3) is 2.86. The Morgan fingerprint density at radius 2 is 2.00 bits per heavy atom. The van der Waals surface area contributed by atoms with Crippen molar-refractivity contribution in [2.24, 2.45) is 5.73 Å². The van der Waals surface area contributed by atoms with Crippen LogP contribution in [-0.2, 0) is 16.0 Å². The van der Waals surface area contributed by atoms with E-state index in [1.54, 1.807) is 0 Å². The summed E-state index contributed by atoms with van der Waals surface area (Å²) < 4.78 is 5.15. The number of esters is 1. The molecule has 0 aliphatic heterocycles. The number of primary amides is 1. The summed E-state index contributed by atoms with van der Waals surface area (Å²) in [5, 5.41) is 0.717.